The number of furan rings is 1. The van der Waals surface area contributed by atoms with Gasteiger partial charge in [-0.1, -0.05) is 12.1 Å². The summed E-state index contributed by atoms with van der Waals surface area (Å²) in [5, 5.41) is 17.5. The number of anilines is 1. The van der Waals surface area contributed by atoms with Crippen molar-refractivity contribution in [3.05, 3.63) is 48.4 Å². The Morgan fingerprint density at radius 3 is 2.90 bits per heavy atom. The summed E-state index contributed by atoms with van der Waals surface area (Å²) in [5.74, 6) is 2.10. The number of nitrogens with one attached hydrogen (secondary N) is 2. The minimum absolute atomic E-state index is 0.207. The SMILES string of the molecule is CCNC(=NCC(C)(O)c1ccco1)NC1CCCN(c2ccccc2OC)C1. The van der Waals surface area contributed by atoms with Crippen molar-refractivity contribution >= 4 is 11.6 Å². The molecule has 0 saturated carbocycles. The first-order valence-corrected chi connectivity index (χ1v) is 10.2. The number of ether oxygens (including phenoxy) is 1. The van der Waals surface area contributed by atoms with Gasteiger partial charge in [-0.2, -0.15) is 0 Å². The van der Waals surface area contributed by atoms with Gasteiger partial charge >= 0.3 is 0 Å². The summed E-state index contributed by atoms with van der Waals surface area (Å²) in [6, 6.07) is 11.9. The van der Waals surface area contributed by atoms with Gasteiger partial charge in [0, 0.05) is 25.7 Å². The fraction of sp³-hybridized carbons (Fsp3) is 0.500. The molecule has 1 fully saturated rings. The van der Waals surface area contributed by atoms with Crippen LogP contribution < -0.4 is 20.3 Å². The van der Waals surface area contributed by atoms with Crippen molar-refractivity contribution in [2.75, 3.05) is 38.2 Å². The molecule has 3 N–H and O–H groups in total. The molecule has 2 atom stereocenters. The largest absolute Gasteiger partial charge is 0.495 e. The molecule has 1 aromatic heterocycles. The van der Waals surface area contributed by atoms with E-state index in [9.17, 15) is 5.11 Å². The zero-order chi connectivity index (χ0) is 20.7. The van der Waals surface area contributed by atoms with E-state index in [-0.39, 0.29) is 12.6 Å². The van der Waals surface area contributed by atoms with E-state index < -0.39 is 5.60 Å². The summed E-state index contributed by atoms with van der Waals surface area (Å²) in [4.78, 5) is 6.96. The topological polar surface area (TPSA) is 82.3 Å². The Bertz CT molecular complexity index is 789. The first-order chi connectivity index (χ1) is 14.0. The van der Waals surface area contributed by atoms with Gasteiger partial charge in [-0.15, -0.1) is 0 Å². The summed E-state index contributed by atoms with van der Waals surface area (Å²) in [6.07, 6.45) is 3.70. The van der Waals surface area contributed by atoms with Crippen molar-refractivity contribution in [1.82, 2.24) is 10.6 Å². The Hall–Kier alpha value is -2.67. The molecule has 0 radical (unpaired) electrons. The van der Waals surface area contributed by atoms with Crippen LogP contribution in [0.5, 0.6) is 5.75 Å². The molecule has 29 heavy (non-hydrogen) atoms. The Balaban J connectivity index is 1.66. The average Bonchev–Trinajstić information content (AvgIpc) is 3.28. The van der Waals surface area contributed by atoms with Gasteiger partial charge in [0.25, 0.3) is 0 Å². The van der Waals surface area contributed by atoms with Gasteiger partial charge in [0.15, 0.2) is 5.96 Å². The second kappa shape index (κ2) is 9.69. The Morgan fingerprint density at radius 1 is 1.34 bits per heavy atom. The van der Waals surface area contributed by atoms with Crippen LogP contribution >= 0.6 is 0 Å². The fourth-order valence-corrected chi connectivity index (χ4v) is 3.61. The molecule has 158 valence electrons. The number of nitrogens with zero attached hydrogens (tertiary/aromatic N) is 2. The summed E-state index contributed by atoms with van der Waals surface area (Å²) in [7, 11) is 1.71. The Morgan fingerprint density at radius 2 is 2.17 bits per heavy atom. The number of methoxy groups -OCH3 is 1. The highest BCUT2D eigenvalue weighted by Gasteiger charge is 2.27. The molecule has 0 amide bonds. The highest BCUT2D eigenvalue weighted by Crippen LogP contribution is 2.30. The summed E-state index contributed by atoms with van der Waals surface area (Å²) < 4.78 is 10.9. The first-order valence-electron chi connectivity index (χ1n) is 10.2. The molecule has 7 nitrogen and oxygen atoms in total. The molecule has 2 unspecified atom stereocenters. The number of para-hydroxylation sites is 2. The maximum Gasteiger partial charge on any atom is 0.191 e. The van der Waals surface area contributed by atoms with Gasteiger partial charge in [0.05, 0.1) is 25.6 Å². The van der Waals surface area contributed by atoms with Gasteiger partial charge in [-0.05, 0) is 51.0 Å². The lowest BCUT2D eigenvalue weighted by Crippen LogP contribution is -2.51. The van der Waals surface area contributed by atoms with Crippen molar-refractivity contribution in [3.8, 4) is 5.75 Å². The van der Waals surface area contributed by atoms with E-state index in [0.717, 1.165) is 43.9 Å². The zero-order valence-electron chi connectivity index (χ0n) is 17.5. The van der Waals surface area contributed by atoms with Gasteiger partial charge in [0.1, 0.15) is 17.1 Å². The van der Waals surface area contributed by atoms with E-state index in [0.29, 0.717) is 11.7 Å². The van der Waals surface area contributed by atoms with E-state index in [2.05, 4.69) is 26.6 Å². The molecule has 1 aliphatic rings. The molecule has 0 aliphatic carbocycles. The van der Waals surface area contributed by atoms with Crippen LogP contribution in [0, 0.1) is 0 Å². The molecule has 2 aromatic rings. The van der Waals surface area contributed by atoms with Crippen molar-refractivity contribution < 1.29 is 14.3 Å². The minimum Gasteiger partial charge on any atom is -0.495 e. The lowest BCUT2D eigenvalue weighted by atomic mass is 10.0. The highest BCUT2D eigenvalue weighted by atomic mass is 16.5. The summed E-state index contributed by atoms with van der Waals surface area (Å²) in [5.41, 5.74) is -0.0359. The summed E-state index contributed by atoms with van der Waals surface area (Å²) in [6.45, 7) is 6.56. The minimum atomic E-state index is -1.15. The average molecular weight is 401 g/mol. The summed E-state index contributed by atoms with van der Waals surface area (Å²) >= 11 is 0. The molecule has 1 aromatic carbocycles. The van der Waals surface area contributed by atoms with Crippen LogP contribution in [0.2, 0.25) is 0 Å². The van der Waals surface area contributed by atoms with Crippen LogP contribution in [0.1, 0.15) is 32.4 Å². The monoisotopic (exact) mass is 400 g/mol. The molecule has 7 heteroatoms. The van der Waals surface area contributed by atoms with Gasteiger partial charge in [-0.25, -0.2) is 4.99 Å². The molecule has 3 rings (SSSR count). The van der Waals surface area contributed by atoms with Crippen LogP contribution in [0.3, 0.4) is 0 Å². The van der Waals surface area contributed by atoms with Gasteiger partial charge in [-0.3, -0.25) is 0 Å². The van der Waals surface area contributed by atoms with E-state index in [1.807, 2.05) is 25.1 Å². The number of hydrogen-bond donors (Lipinski definition) is 3. The predicted octanol–water partition coefficient (Wildman–Crippen LogP) is 2.72. The normalized spacial score (nSPS) is 19.5. The second-order valence-corrected chi connectivity index (χ2v) is 7.55. The van der Waals surface area contributed by atoms with Gasteiger partial charge in [0.2, 0.25) is 0 Å². The van der Waals surface area contributed by atoms with E-state index in [4.69, 9.17) is 9.15 Å². The van der Waals surface area contributed by atoms with Gasteiger partial charge < -0.3 is 29.8 Å². The van der Waals surface area contributed by atoms with Crippen LogP contribution in [-0.2, 0) is 5.60 Å². The molecule has 2 heterocycles. The van der Waals surface area contributed by atoms with Crippen molar-refractivity contribution in [2.45, 2.75) is 38.3 Å². The van der Waals surface area contributed by atoms with E-state index in [1.165, 1.54) is 0 Å². The molecule has 1 saturated heterocycles. The molecule has 1 aliphatic heterocycles. The number of rotatable bonds is 7. The first kappa shape index (κ1) is 21.0. The fourth-order valence-electron chi connectivity index (χ4n) is 3.61. The van der Waals surface area contributed by atoms with E-state index in [1.54, 1.807) is 32.4 Å². The standard InChI is InChI=1S/C22H32N4O3/c1-4-23-21(24-16-22(2,27)20-12-8-14-29-20)25-17-9-7-13-26(15-17)18-10-5-6-11-19(18)28-3/h5-6,8,10-12,14,17,27H,4,7,9,13,15-16H2,1-3H3,(H2,23,24,25). The Kier molecular flexibility index (Phi) is 7.04. The van der Waals surface area contributed by atoms with E-state index >= 15 is 0 Å². The predicted molar refractivity (Wildman–Crippen MR) is 116 cm³/mol. The number of piperidine rings is 1. The van der Waals surface area contributed by atoms with Crippen molar-refractivity contribution in [2.24, 2.45) is 4.99 Å². The van der Waals surface area contributed by atoms with Crippen LogP contribution in [0.15, 0.2) is 52.1 Å². The lowest BCUT2D eigenvalue weighted by Gasteiger charge is -2.36. The maximum absolute atomic E-state index is 10.7. The number of hydrogen-bond acceptors (Lipinski definition) is 5. The van der Waals surface area contributed by atoms with Crippen molar-refractivity contribution in [3.63, 3.8) is 0 Å². The Labute approximate surface area is 172 Å². The molecule has 0 spiro atoms. The number of guanidine groups is 1. The third kappa shape index (κ3) is 5.44. The number of benzene rings is 1. The van der Waals surface area contributed by atoms with Crippen LogP contribution in [0.25, 0.3) is 0 Å². The molecular formula is C22H32N4O3. The second-order valence-electron chi connectivity index (χ2n) is 7.55. The zero-order valence-corrected chi connectivity index (χ0v) is 17.5. The lowest BCUT2D eigenvalue weighted by molar-refractivity contribution is 0.0436. The smallest absolute Gasteiger partial charge is 0.191 e. The molecule has 0 bridgehead atoms. The quantitative estimate of drug-likeness (QED) is 0.490. The van der Waals surface area contributed by atoms with Crippen molar-refractivity contribution in [1.29, 1.82) is 0 Å². The van der Waals surface area contributed by atoms with Crippen LogP contribution in [-0.4, -0.2) is 50.4 Å². The molecular weight excluding hydrogens is 368 g/mol. The third-order valence-electron chi connectivity index (χ3n) is 5.13. The third-order valence-corrected chi connectivity index (χ3v) is 5.13. The number of aliphatic hydroxyl groups is 1. The van der Waals surface area contributed by atoms with Crippen LogP contribution in [0.4, 0.5) is 5.69 Å². The highest BCUT2D eigenvalue weighted by molar-refractivity contribution is 5.80. The number of aliphatic imine (C=N–C) groups is 1. The maximum atomic E-state index is 10.7.